The van der Waals surface area contributed by atoms with Gasteiger partial charge in [-0.25, -0.2) is 9.98 Å². The summed E-state index contributed by atoms with van der Waals surface area (Å²) < 4.78 is -4.24. The molecule has 0 N–H and O–H groups in total. The zero-order valence-electron chi connectivity index (χ0n) is 6.42. The predicted octanol–water partition coefficient (Wildman–Crippen LogP) is 4.71. The number of nitrogens with zero attached hydrogens (tertiary/aromatic N) is 2. The van der Waals surface area contributed by atoms with Gasteiger partial charge in [0.1, 0.15) is 0 Å². The first-order valence-corrected chi connectivity index (χ1v) is 6.18. The van der Waals surface area contributed by atoms with Crippen molar-refractivity contribution in [1.82, 2.24) is 0 Å². The largest absolute Gasteiger partial charge is 0.266 e. The minimum atomic E-state index is -2.12. The topological polar surface area (TPSA) is 24.7 Å². The van der Waals surface area contributed by atoms with Crippen molar-refractivity contribution in [3.63, 3.8) is 0 Å². The maximum atomic E-state index is 5.88. The van der Waals surface area contributed by atoms with Crippen molar-refractivity contribution in [2.75, 3.05) is 0 Å². The Kier molecular flexibility index (Phi) is 4.32. The first kappa shape index (κ1) is 14.7. The molecule has 0 unspecified atom stereocenters. The predicted molar refractivity (Wildman–Crippen MR) is 69.9 cm³/mol. The van der Waals surface area contributed by atoms with Crippen LogP contribution in [0, 0.1) is 0 Å². The summed E-state index contributed by atoms with van der Waals surface area (Å²) in [5.74, 6) is 0. The summed E-state index contributed by atoms with van der Waals surface area (Å²) in [4.78, 5) is 7.27. The highest BCUT2D eigenvalue weighted by Crippen LogP contribution is 2.56. The fourth-order valence-electron chi connectivity index (χ4n) is 0.698. The quantitative estimate of drug-likeness (QED) is 0.471. The molecule has 0 aromatic rings. The van der Waals surface area contributed by atoms with Crippen molar-refractivity contribution in [1.29, 1.82) is 0 Å². The molecule has 0 bridgehead atoms. The molecule has 1 rings (SSSR count). The molecule has 0 atom stereocenters. The summed E-state index contributed by atoms with van der Waals surface area (Å²) in [7, 11) is 0. The third-order valence-electron chi connectivity index (χ3n) is 1.42. The monoisotopic (exact) mass is 368 g/mol. The van der Waals surface area contributed by atoms with Gasteiger partial charge < -0.3 is 0 Å². The molecule has 0 saturated carbocycles. The van der Waals surface area contributed by atoms with Gasteiger partial charge in [0, 0.05) is 0 Å². The second-order valence-electron chi connectivity index (χ2n) is 2.46. The van der Waals surface area contributed by atoms with E-state index in [0.29, 0.717) is 0 Å². The fourth-order valence-corrected chi connectivity index (χ4v) is 2.13. The molecule has 0 radical (unpaired) electrons. The Bertz CT molecular complexity index is 321. The van der Waals surface area contributed by atoms with E-state index in [-0.39, 0.29) is 10.3 Å². The van der Waals surface area contributed by atoms with Crippen molar-refractivity contribution in [2.24, 2.45) is 9.98 Å². The number of hydrogen-bond donors (Lipinski definition) is 0. The molecule has 0 amide bonds. The molecule has 0 aromatic heterocycles. The summed E-state index contributed by atoms with van der Waals surface area (Å²) in [6.07, 6.45) is 0. The van der Waals surface area contributed by atoms with Gasteiger partial charge in [0.05, 0.1) is 0 Å². The van der Waals surface area contributed by atoms with Gasteiger partial charge in [-0.1, -0.05) is 92.8 Å². The number of hydrogen-bond acceptors (Lipinski definition) is 2. The maximum absolute atomic E-state index is 5.88. The Balaban J connectivity index is 3.21. The first-order chi connectivity index (χ1) is 6.51. The van der Waals surface area contributed by atoms with Crippen molar-refractivity contribution < 1.29 is 0 Å². The van der Waals surface area contributed by atoms with E-state index in [1.807, 2.05) is 0 Å². The van der Waals surface area contributed by atoms with Crippen LogP contribution in [0.4, 0.5) is 0 Å². The third kappa shape index (κ3) is 2.58. The molecule has 0 saturated heterocycles. The van der Waals surface area contributed by atoms with Gasteiger partial charge in [-0.15, -0.1) is 0 Å². The molecule has 2 nitrogen and oxygen atoms in total. The fraction of sp³-hybridized carbons (Fsp3) is 0.600. The molecular weight excluding hydrogens is 372 g/mol. The molecule has 1 heterocycles. The lowest BCUT2D eigenvalue weighted by Gasteiger charge is -2.34. The number of rotatable bonds is 1. The van der Waals surface area contributed by atoms with Crippen molar-refractivity contribution in [3.8, 4) is 0 Å². The Morgan fingerprint density at radius 2 is 1.20 bits per heavy atom. The van der Waals surface area contributed by atoms with Crippen LogP contribution in [-0.2, 0) is 0 Å². The highest BCUT2D eigenvalue weighted by Gasteiger charge is 2.63. The molecule has 15 heavy (non-hydrogen) atoms. The summed E-state index contributed by atoms with van der Waals surface area (Å²) in [5.41, 5.74) is 0. The van der Waals surface area contributed by atoms with Crippen LogP contribution in [-0.4, -0.2) is 23.6 Å². The van der Waals surface area contributed by atoms with Gasteiger partial charge in [0.2, 0.25) is 8.13 Å². The number of halogens is 8. The van der Waals surface area contributed by atoms with Crippen LogP contribution in [0.5, 0.6) is 0 Å². The summed E-state index contributed by atoms with van der Waals surface area (Å²) in [6, 6.07) is 0. The van der Waals surface area contributed by atoms with Crippen LogP contribution in [0.2, 0.25) is 0 Å². The number of aliphatic imine (C=N–C) groups is 2. The highest BCUT2D eigenvalue weighted by atomic mass is 35.6. The summed E-state index contributed by atoms with van der Waals surface area (Å²) in [5, 5.41) is -2.28. The van der Waals surface area contributed by atoms with Crippen LogP contribution in [0.25, 0.3) is 0 Å². The maximum Gasteiger partial charge on any atom is 0.266 e. The minimum Gasteiger partial charge on any atom is -0.222 e. The normalized spacial score (nSPS) is 21.3. The van der Waals surface area contributed by atoms with E-state index in [4.69, 9.17) is 92.8 Å². The molecule has 1 aliphatic heterocycles. The Labute approximate surface area is 125 Å². The van der Waals surface area contributed by atoms with Crippen LogP contribution in [0.15, 0.2) is 9.98 Å². The Morgan fingerprint density at radius 3 is 1.47 bits per heavy atom. The summed E-state index contributed by atoms with van der Waals surface area (Å²) >= 11 is 45.2. The van der Waals surface area contributed by atoms with Crippen molar-refractivity contribution >= 4 is 103 Å². The summed E-state index contributed by atoms with van der Waals surface area (Å²) in [6.45, 7) is 0. The zero-order valence-corrected chi connectivity index (χ0v) is 12.5. The van der Waals surface area contributed by atoms with E-state index in [9.17, 15) is 0 Å². The molecule has 0 fully saturated rings. The molecule has 0 aliphatic carbocycles. The molecular formula is C5Cl8N2. The van der Waals surface area contributed by atoms with Crippen molar-refractivity contribution in [3.05, 3.63) is 0 Å². The lowest BCUT2D eigenvalue weighted by Crippen LogP contribution is -2.47. The van der Waals surface area contributed by atoms with E-state index in [1.54, 1.807) is 0 Å². The lowest BCUT2D eigenvalue weighted by atomic mass is 10.3. The van der Waals surface area contributed by atoms with Gasteiger partial charge in [-0.2, -0.15) is 0 Å². The second kappa shape index (κ2) is 4.40. The average Bonchev–Trinajstić information content (AvgIpc) is 2.25. The Morgan fingerprint density at radius 1 is 0.867 bits per heavy atom. The SMILES string of the molecule is ClC1=NC(Cl)(C(Cl)(Cl)C(Cl)(Cl)Cl)N=C1Cl. The van der Waals surface area contributed by atoms with Crippen LogP contribution >= 0.6 is 92.8 Å². The minimum absolute atomic E-state index is 0.161. The van der Waals surface area contributed by atoms with E-state index in [2.05, 4.69) is 9.98 Å². The van der Waals surface area contributed by atoms with E-state index < -0.39 is 13.2 Å². The highest BCUT2D eigenvalue weighted by molar-refractivity contribution is 7.01. The van der Waals surface area contributed by atoms with Gasteiger partial charge in [0.25, 0.3) is 5.12 Å². The molecule has 1 aliphatic rings. The van der Waals surface area contributed by atoms with Crippen LogP contribution < -0.4 is 0 Å². The Hall–Kier alpha value is 1.66. The second-order valence-corrected chi connectivity index (χ2v) is 7.32. The zero-order chi connectivity index (χ0) is 12.1. The van der Waals surface area contributed by atoms with Crippen LogP contribution in [0.3, 0.4) is 0 Å². The van der Waals surface area contributed by atoms with E-state index >= 15 is 0 Å². The van der Waals surface area contributed by atoms with Gasteiger partial charge >= 0.3 is 0 Å². The lowest BCUT2D eigenvalue weighted by molar-refractivity contribution is 0.561. The number of alkyl halides is 6. The average molecular weight is 372 g/mol. The molecule has 0 aromatic carbocycles. The molecule has 86 valence electrons. The van der Waals surface area contributed by atoms with Gasteiger partial charge in [0.15, 0.2) is 10.3 Å². The molecule has 0 spiro atoms. The standard InChI is InChI=1S/C5Cl8N2/c6-1-2(7)15-5(13,14-1)3(8,9)4(10,11)12. The first-order valence-electron chi connectivity index (χ1n) is 3.16. The molecule has 10 heteroatoms. The van der Waals surface area contributed by atoms with Gasteiger partial charge in [-0.05, 0) is 0 Å². The van der Waals surface area contributed by atoms with Gasteiger partial charge in [-0.3, -0.25) is 0 Å². The van der Waals surface area contributed by atoms with E-state index in [0.717, 1.165) is 0 Å². The van der Waals surface area contributed by atoms with Crippen LogP contribution in [0.1, 0.15) is 0 Å². The smallest absolute Gasteiger partial charge is 0.222 e. The van der Waals surface area contributed by atoms with E-state index in [1.165, 1.54) is 0 Å². The van der Waals surface area contributed by atoms with Crippen molar-refractivity contribution in [2.45, 2.75) is 13.2 Å². The third-order valence-corrected chi connectivity index (χ3v) is 5.21.